The predicted molar refractivity (Wildman–Crippen MR) is 237 cm³/mol. The Morgan fingerprint density at radius 2 is 0.950 bits per heavy atom. The molecule has 0 unspecified atom stereocenters. The highest BCUT2D eigenvalue weighted by atomic mass is 16.5. The molecule has 0 radical (unpaired) electrons. The highest BCUT2D eigenvalue weighted by Crippen LogP contribution is 2.57. The van der Waals surface area contributed by atoms with E-state index in [2.05, 4.69) is 82.6 Å². The van der Waals surface area contributed by atoms with Crippen molar-refractivity contribution in [3.05, 3.63) is 83.9 Å². The molecule has 4 aromatic rings. The van der Waals surface area contributed by atoms with Gasteiger partial charge >= 0.3 is 11.9 Å². The maximum atomic E-state index is 11.9. The number of likely N-dealkylation sites (tertiary alicyclic amines) is 2. The molecule has 2 aliphatic heterocycles. The normalized spacial score (nSPS) is 23.2. The molecule has 8 heteroatoms. The standard InChI is InChI=1S/C27H35NO3.C25H31NO3/c1-2-30-26(29)21-9-15-28(16-10-21)19-20-3-4-23-18-25(6-5-22(23)17-20)31-24-7-11-27(12-8-24)13-14-27;27-24(28)19-7-13-26(14-8-19)17-18-1-2-21-16-23(4-3-20(21)15-18)29-22-5-9-25(10-6-22)11-12-25/h3-6,17-18,21,24H,2,7-16,19H2,1H3;1-4,15-16,19,22H,5-14,17H2,(H,27,28). The van der Waals surface area contributed by atoms with Crippen molar-refractivity contribution < 1.29 is 28.9 Å². The van der Waals surface area contributed by atoms with Crippen LogP contribution in [-0.2, 0) is 27.4 Å². The van der Waals surface area contributed by atoms with Crippen molar-refractivity contribution in [1.29, 1.82) is 0 Å². The van der Waals surface area contributed by atoms with Crippen molar-refractivity contribution in [2.24, 2.45) is 22.7 Å². The minimum Gasteiger partial charge on any atom is -0.490 e. The van der Waals surface area contributed by atoms with Gasteiger partial charge in [-0.15, -0.1) is 0 Å². The van der Waals surface area contributed by atoms with Crippen LogP contribution in [0.15, 0.2) is 72.8 Å². The van der Waals surface area contributed by atoms with E-state index in [0.717, 1.165) is 76.5 Å². The van der Waals surface area contributed by atoms with Crippen molar-refractivity contribution in [3.8, 4) is 11.5 Å². The fourth-order valence-electron chi connectivity index (χ4n) is 10.7. The third-order valence-electron chi connectivity index (χ3n) is 15.2. The van der Waals surface area contributed by atoms with Gasteiger partial charge in [0.2, 0.25) is 0 Å². The van der Waals surface area contributed by atoms with E-state index in [1.807, 2.05) is 6.92 Å². The second-order valence-electron chi connectivity index (χ2n) is 19.5. The maximum Gasteiger partial charge on any atom is 0.309 e. The van der Waals surface area contributed by atoms with Gasteiger partial charge in [-0.3, -0.25) is 19.4 Å². The molecule has 60 heavy (non-hydrogen) atoms. The highest BCUT2D eigenvalue weighted by molar-refractivity contribution is 5.85. The Hall–Kier alpha value is -4.14. The molecule has 2 saturated heterocycles. The monoisotopic (exact) mass is 814 g/mol. The van der Waals surface area contributed by atoms with Crippen LogP contribution in [0.25, 0.3) is 21.5 Å². The number of carbonyl (C=O) groups is 2. The Labute approximate surface area is 356 Å². The lowest BCUT2D eigenvalue weighted by Crippen LogP contribution is -2.36. The smallest absolute Gasteiger partial charge is 0.309 e. The van der Waals surface area contributed by atoms with Crippen molar-refractivity contribution in [1.82, 2.24) is 9.80 Å². The summed E-state index contributed by atoms with van der Waals surface area (Å²) in [6.07, 6.45) is 20.1. The summed E-state index contributed by atoms with van der Waals surface area (Å²) in [5, 5.41) is 14.1. The largest absolute Gasteiger partial charge is 0.490 e. The van der Waals surface area contributed by atoms with Gasteiger partial charge in [-0.2, -0.15) is 0 Å². The van der Waals surface area contributed by atoms with Crippen LogP contribution in [0.1, 0.15) is 121 Å². The van der Waals surface area contributed by atoms with E-state index in [4.69, 9.17) is 19.3 Å². The van der Waals surface area contributed by atoms with E-state index in [9.17, 15) is 9.59 Å². The second kappa shape index (κ2) is 18.1. The number of rotatable bonds is 11. The lowest BCUT2D eigenvalue weighted by Gasteiger charge is -2.30. The van der Waals surface area contributed by atoms with Gasteiger partial charge in [0.15, 0.2) is 0 Å². The molecule has 2 heterocycles. The molecule has 1 N–H and O–H groups in total. The number of carbonyl (C=O) groups excluding carboxylic acids is 1. The van der Waals surface area contributed by atoms with Gasteiger partial charge in [0, 0.05) is 13.1 Å². The number of ether oxygens (including phenoxy) is 3. The third-order valence-corrected chi connectivity index (χ3v) is 15.2. The topological polar surface area (TPSA) is 88.5 Å². The second-order valence-corrected chi connectivity index (χ2v) is 19.5. The summed E-state index contributed by atoms with van der Waals surface area (Å²) < 4.78 is 17.8. The highest BCUT2D eigenvalue weighted by Gasteiger charge is 2.46. The van der Waals surface area contributed by atoms with Crippen molar-refractivity contribution >= 4 is 33.5 Å². The lowest BCUT2D eigenvalue weighted by atomic mass is 9.85. The fraction of sp³-hybridized carbons (Fsp3) is 0.577. The Kier molecular flexibility index (Phi) is 12.4. The lowest BCUT2D eigenvalue weighted by molar-refractivity contribution is -0.149. The van der Waals surface area contributed by atoms with Crippen LogP contribution in [0.3, 0.4) is 0 Å². The summed E-state index contributed by atoms with van der Waals surface area (Å²) >= 11 is 0. The number of hydrogen-bond donors (Lipinski definition) is 1. The Bertz CT molecular complexity index is 2110. The van der Waals surface area contributed by atoms with Crippen molar-refractivity contribution in [2.45, 2.75) is 135 Å². The summed E-state index contributed by atoms with van der Waals surface area (Å²) in [6.45, 7) is 7.83. The van der Waals surface area contributed by atoms with Gasteiger partial charge in [0.05, 0.1) is 30.7 Å². The molecule has 6 fully saturated rings. The van der Waals surface area contributed by atoms with Crippen LogP contribution in [-0.4, -0.2) is 71.8 Å². The molecule has 4 aromatic carbocycles. The van der Waals surface area contributed by atoms with Crippen LogP contribution >= 0.6 is 0 Å². The van der Waals surface area contributed by atoms with E-state index >= 15 is 0 Å². The van der Waals surface area contributed by atoms with E-state index < -0.39 is 5.97 Å². The summed E-state index contributed by atoms with van der Waals surface area (Å²) in [4.78, 5) is 27.9. The van der Waals surface area contributed by atoms with Crippen LogP contribution in [0.5, 0.6) is 11.5 Å². The zero-order valence-corrected chi connectivity index (χ0v) is 35.9. The van der Waals surface area contributed by atoms with E-state index in [-0.39, 0.29) is 17.8 Å². The number of fused-ring (bicyclic) bond motifs is 2. The molecular weight excluding hydrogens is 749 g/mol. The minimum absolute atomic E-state index is 0.0221. The van der Waals surface area contributed by atoms with Gasteiger partial charge < -0.3 is 19.3 Å². The number of carboxylic acids is 1. The SMILES string of the molecule is CCOC(=O)C1CCN(Cc2ccc3cc(OC4CCC5(CC4)CC5)ccc3c2)CC1.O=C(O)C1CCN(Cc2ccc3cc(OC4CCC5(CC4)CC5)ccc3c2)CC1. The third kappa shape index (κ3) is 10.3. The molecule has 4 saturated carbocycles. The molecule has 2 spiro atoms. The molecule has 6 aliphatic rings. The van der Waals surface area contributed by atoms with Gasteiger partial charge in [0.1, 0.15) is 11.5 Å². The zero-order chi connectivity index (χ0) is 41.1. The first-order valence-electron chi connectivity index (χ1n) is 23.4. The van der Waals surface area contributed by atoms with Crippen LogP contribution < -0.4 is 9.47 Å². The number of aliphatic carboxylic acids is 1. The maximum absolute atomic E-state index is 11.9. The first-order valence-corrected chi connectivity index (χ1v) is 23.4. The van der Waals surface area contributed by atoms with Crippen molar-refractivity contribution in [3.63, 3.8) is 0 Å². The van der Waals surface area contributed by atoms with Gasteiger partial charge in [-0.25, -0.2) is 0 Å². The quantitative estimate of drug-likeness (QED) is 0.150. The zero-order valence-electron chi connectivity index (χ0n) is 35.9. The van der Waals surface area contributed by atoms with Crippen LogP contribution in [0.4, 0.5) is 0 Å². The van der Waals surface area contributed by atoms with E-state index in [0.29, 0.717) is 29.6 Å². The number of nitrogens with zero attached hydrogens (tertiary/aromatic N) is 2. The number of hydrogen-bond acceptors (Lipinski definition) is 7. The molecular formula is C52H66N2O6. The molecule has 0 aromatic heterocycles. The Morgan fingerprint density at radius 1 is 0.550 bits per heavy atom. The van der Waals surface area contributed by atoms with Gasteiger partial charge in [0.25, 0.3) is 0 Å². The average molecular weight is 815 g/mol. The van der Waals surface area contributed by atoms with Gasteiger partial charge in [-0.1, -0.05) is 36.4 Å². The molecule has 0 amide bonds. The van der Waals surface area contributed by atoms with E-state index in [1.54, 1.807) is 0 Å². The van der Waals surface area contributed by atoms with Crippen LogP contribution in [0.2, 0.25) is 0 Å². The first-order chi connectivity index (χ1) is 29.2. The number of piperidine rings is 2. The summed E-state index contributed by atoms with van der Waals surface area (Å²) in [5.74, 6) is 1.25. The van der Waals surface area contributed by atoms with Crippen LogP contribution in [0, 0.1) is 22.7 Å². The number of benzene rings is 4. The fourth-order valence-corrected chi connectivity index (χ4v) is 10.7. The molecule has 320 valence electrons. The predicted octanol–water partition coefficient (Wildman–Crippen LogP) is 11.0. The Morgan fingerprint density at radius 3 is 1.35 bits per heavy atom. The Balaban J connectivity index is 0.000000154. The molecule has 0 bridgehead atoms. The molecule has 8 nitrogen and oxygen atoms in total. The number of esters is 1. The summed E-state index contributed by atoms with van der Waals surface area (Å²) in [7, 11) is 0. The average Bonchev–Trinajstić information content (AvgIpc) is 4.21. The first kappa shape index (κ1) is 41.2. The molecule has 4 aliphatic carbocycles. The minimum atomic E-state index is -0.645. The van der Waals surface area contributed by atoms with Gasteiger partial charge in [-0.05, 0) is 216 Å². The van der Waals surface area contributed by atoms with E-state index in [1.165, 1.54) is 110 Å². The van der Waals surface area contributed by atoms with Crippen molar-refractivity contribution in [2.75, 3.05) is 32.8 Å². The summed E-state index contributed by atoms with van der Waals surface area (Å²) in [6, 6.07) is 26.4. The number of carboxylic acid groups (broad SMARTS) is 1. The summed E-state index contributed by atoms with van der Waals surface area (Å²) in [5.41, 5.74) is 4.05. The molecule has 0 atom stereocenters. The molecule has 10 rings (SSSR count).